The van der Waals surface area contributed by atoms with Crippen LogP contribution in [0.5, 0.6) is 5.75 Å². The number of oxime groups is 1. The van der Waals surface area contributed by atoms with Crippen LogP contribution in [0.15, 0.2) is 53.7 Å². The van der Waals surface area contributed by atoms with Crippen molar-refractivity contribution in [3.8, 4) is 11.8 Å². The molecule has 2 aromatic carbocycles. The van der Waals surface area contributed by atoms with Crippen LogP contribution in [0, 0.1) is 18.3 Å². The van der Waals surface area contributed by atoms with E-state index in [0.717, 1.165) is 22.4 Å². The summed E-state index contributed by atoms with van der Waals surface area (Å²) in [6, 6.07) is 17.4. The van der Waals surface area contributed by atoms with Crippen LogP contribution in [0.4, 0.5) is 0 Å². The van der Waals surface area contributed by atoms with Crippen molar-refractivity contribution in [3.05, 3.63) is 65.2 Å². The normalized spacial score (nSPS) is 10.8. The Morgan fingerprint density at radius 1 is 1.19 bits per heavy atom. The van der Waals surface area contributed by atoms with Crippen molar-refractivity contribution in [1.29, 1.82) is 5.26 Å². The third-order valence-electron chi connectivity index (χ3n) is 2.91. The quantitative estimate of drug-likeness (QED) is 0.622. The minimum atomic E-state index is 0.253. The summed E-state index contributed by atoms with van der Waals surface area (Å²) < 4.78 is 5.73. The van der Waals surface area contributed by atoms with Gasteiger partial charge in [0.25, 0.3) is 0 Å². The van der Waals surface area contributed by atoms with E-state index >= 15 is 0 Å². The van der Waals surface area contributed by atoms with Crippen LogP contribution in [-0.4, -0.2) is 12.8 Å². The summed E-state index contributed by atoms with van der Waals surface area (Å²) in [7, 11) is 1.42. The van der Waals surface area contributed by atoms with Gasteiger partial charge in [-0.15, -0.1) is 0 Å². The Labute approximate surface area is 124 Å². The predicted molar refractivity (Wildman–Crippen MR) is 81.1 cm³/mol. The maximum atomic E-state index is 8.97. The summed E-state index contributed by atoms with van der Waals surface area (Å²) in [4.78, 5) is 4.64. The average molecular weight is 280 g/mol. The van der Waals surface area contributed by atoms with Crippen molar-refractivity contribution in [3.63, 3.8) is 0 Å². The summed E-state index contributed by atoms with van der Waals surface area (Å²) in [5, 5.41) is 12.6. The van der Waals surface area contributed by atoms with Crippen LogP contribution < -0.4 is 4.74 Å². The lowest BCUT2D eigenvalue weighted by atomic mass is 10.1. The van der Waals surface area contributed by atoms with Crippen LogP contribution in [0.3, 0.4) is 0 Å². The molecule has 4 nitrogen and oxygen atoms in total. The Balaban J connectivity index is 2.03. The summed E-state index contributed by atoms with van der Waals surface area (Å²) in [5.74, 6) is 0.845. The number of benzene rings is 2. The third kappa shape index (κ3) is 4.08. The highest BCUT2D eigenvalue weighted by molar-refractivity contribution is 6.11. The minimum Gasteiger partial charge on any atom is -0.489 e. The fourth-order valence-corrected chi connectivity index (χ4v) is 1.86. The molecule has 0 amide bonds. The molecule has 0 spiro atoms. The Hall–Kier alpha value is -2.80. The van der Waals surface area contributed by atoms with Crippen LogP contribution in [-0.2, 0) is 11.4 Å². The summed E-state index contributed by atoms with van der Waals surface area (Å²) >= 11 is 0. The maximum absolute atomic E-state index is 8.97. The summed E-state index contributed by atoms with van der Waals surface area (Å²) in [6.45, 7) is 2.51. The van der Waals surface area contributed by atoms with Gasteiger partial charge in [-0.2, -0.15) is 5.26 Å². The van der Waals surface area contributed by atoms with Gasteiger partial charge >= 0.3 is 0 Å². The minimum absolute atomic E-state index is 0.253. The zero-order valence-electron chi connectivity index (χ0n) is 12.0. The lowest BCUT2D eigenvalue weighted by Gasteiger charge is -2.07. The number of nitriles is 1. The van der Waals surface area contributed by atoms with Gasteiger partial charge < -0.3 is 9.57 Å². The fourth-order valence-electron chi connectivity index (χ4n) is 1.86. The number of rotatable bonds is 5. The molecule has 0 saturated carbocycles. The van der Waals surface area contributed by atoms with Crippen molar-refractivity contribution < 1.29 is 9.57 Å². The van der Waals surface area contributed by atoms with E-state index in [9.17, 15) is 0 Å². The predicted octanol–water partition coefficient (Wildman–Crippen LogP) is 3.45. The van der Waals surface area contributed by atoms with E-state index in [1.165, 1.54) is 7.11 Å². The number of nitrogens with zero attached hydrogens (tertiary/aromatic N) is 2. The van der Waals surface area contributed by atoms with Gasteiger partial charge in [0.15, 0.2) is 5.71 Å². The molecule has 4 heteroatoms. The standard InChI is InChI=1S/C17H16N2O2/c1-13-4-3-5-16(10-13)21-12-14-6-8-15(9-7-14)17(11-18)19-20-2/h3-10H,12H2,1-2H3/b19-17-. The van der Waals surface area contributed by atoms with E-state index in [1.807, 2.05) is 61.5 Å². The molecule has 0 aliphatic rings. The number of hydrogen-bond acceptors (Lipinski definition) is 4. The second-order valence-corrected chi connectivity index (χ2v) is 4.54. The molecule has 0 radical (unpaired) electrons. The molecular weight excluding hydrogens is 264 g/mol. The van der Waals surface area contributed by atoms with Crippen molar-refractivity contribution in [2.75, 3.05) is 7.11 Å². The molecule has 0 aliphatic carbocycles. The van der Waals surface area contributed by atoms with Gasteiger partial charge in [0, 0.05) is 5.56 Å². The van der Waals surface area contributed by atoms with E-state index in [1.54, 1.807) is 0 Å². The molecule has 0 heterocycles. The number of aryl methyl sites for hydroxylation is 1. The third-order valence-corrected chi connectivity index (χ3v) is 2.91. The van der Waals surface area contributed by atoms with Crippen LogP contribution >= 0.6 is 0 Å². The molecule has 0 aromatic heterocycles. The van der Waals surface area contributed by atoms with Gasteiger partial charge in [0.2, 0.25) is 0 Å². The molecule has 21 heavy (non-hydrogen) atoms. The van der Waals surface area contributed by atoms with Gasteiger partial charge in [-0.25, -0.2) is 0 Å². The lowest BCUT2D eigenvalue weighted by Crippen LogP contribution is -2.00. The molecule has 0 aliphatic heterocycles. The topological polar surface area (TPSA) is 54.6 Å². The smallest absolute Gasteiger partial charge is 0.186 e. The molecule has 0 N–H and O–H groups in total. The number of hydrogen-bond donors (Lipinski definition) is 0. The van der Waals surface area contributed by atoms with E-state index in [0.29, 0.717) is 6.61 Å². The molecular formula is C17H16N2O2. The SMILES string of the molecule is CO/N=C(/C#N)c1ccc(COc2cccc(C)c2)cc1. The molecule has 0 unspecified atom stereocenters. The van der Waals surface area contributed by atoms with Crippen molar-refractivity contribution in [1.82, 2.24) is 0 Å². The summed E-state index contributed by atoms with van der Waals surface area (Å²) in [5.41, 5.74) is 3.16. The van der Waals surface area contributed by atoms with Crippen molar-refractivity contribution >= 4 is 5.71 Å². The zero-order chi connectivity index (χ0) is 15.1. The molecule has 2 aromatic rings. The van der Waals surface area contributed by atoms with Crippen LogP contribution in [0.2, 0.25) is 0 Å². The maximum Gasteiger partial charge on any atom is 0.186 e. The monoisotopic (exact) mass is 280 g/mol. The second kappa shape index (κ2) is 7.11. The van der Waals surface area contributed by atoms with Crippen molar-refractivity contribution in [2.45, 2.75) is 13.5 Å². The van der Waals surface area contributed by atoms with Gasteiger partial charge in [-0.05, 0) is 30.2 Å². The highest BCUT2D eigenvalue weighted by Gasteiger charge is 2.03. The fraction of sp³-hybridized carbons (Fsp3) is 0.176. The first-order valence-electron chi connectivity index (χ1n) is 6.53. The largest absolute Gasteiger partial charge is 0.489 e. The molecule has 0 saturated heterocycles. The van der Waals surface area contributed by atoms with E-state index in [4.69, 9.17) is 10.00 Å². The first kappa shape index (κ1) is 14.6. The van der Waals surface area contributed by atoms with Gasteiger partial charge in [-0.1, -0.05) is 41.6 Å². The molecule has 0 atom stereocenters. The van der Waals surface area contributed by atoms with Crippen LogP contribution in [0.1, 0.15) is 16.7 Å². The Kier molecular flexibility index (Phi) is 4.94. The lowest BCUT2D eigenvalue weighted by molar-refractivity contribution is 0.214. The van der Waals surface area contributed by atoms with E-state index in [2.05, 4.69) is 9.99 Å². The van der Waals surface area contributed by atoms with E-state index < -0.39 is 0 Å². The molecule has 0 fully saturated rings. The Morgan fingerprint density at radius 3 is 2.57 bits per heavy atom. The summed E-state index contributed by atoms with van der Waals surface area (Å²) in [6.07, 6.45) is 0. The Bertz CT molecular complexity index is 670. The molecule has 106 valence electrons. The highest BCUT2D eigenvalue weighted by atomic mass is 16.6. The molecule has 2 rings (SSSR count). The van der Waals surface area contributed by atoms with Gasteiger partial charge in [-0.3, -0.25) is 0 Å². The van der Waals surface area contributed by atoms with E-state index in [-0.39, 0.29) is 5.71 Å². The molecule has 0 bridgehead atoms. The Morgan fingerprint density at radius 2 is 1.95 bits per heavy atom. The van der Waals surface area contributed by atoms with Gasteiger partial charge in [0.1, 0.15) is 25.5 Å². The first-order valence-corrected chi connectivity index (χ1v) is 6.53. The second-order valence-electron chi connectivity index (χ2n) is 4.54. The first-order chi connectivity index (χ1) is 10.2. The zero-order valence-corrected chi connectivity index (χ0v) is 12.0. The average Bonchev–Trinajstić information content (AvgIpc) is 2.51. The van der Waals surface area contributed by atoms with Crippen LogP contribution in [0.25, 0.3) is 0 Å². The number of ether oxygens (including phenoxy) is 1. The van der Waals surface area contributed by atoms with Crippen molar-refractivity contribution in [2.24, 2.45) is 5.16 Å². The highest BCUT2D eigenvalue weighted by Crippen LogP contribution is 2.15. The van der Waals surface area contributed by atoms with Gasteiger partial charge in [0.05, 0.1) is 0 Å².